The summed E-state index contributed by atoms with van der Waals surface area (Å²) in [5.74, 6) is 1.36. The topological polar surface area (TPSA) is 70.2 Å². The standard InChI is InChI=1S/C23H26BrN5OS/c1-16-5-7-17(8-6-16)13-21-27-23(31-28-21)29-11-9-18(10-12-29)15-25-22(30)26-20-4-2-3-19(24)14-20/h2-8,14,18H,9-13,15H2,1H3,(H2,25,26,30). The van der Waals surface area contributed by atoms with Gasteiger partial charge in [-0.2, -0.15) is 4.37 Å². The van der Waals surface area contributed by atoms with E-state index in [1.165, 1.54) is 22.7 Å². The van der Waals surface area contributed by atoms with Crippen LogP contribution in [0.15, 0.2) is 53.0 Å². The number of amides is 2. The summed E-state index contributed by atoms with van der Waals surface area (Å²) >= 11 is 4.90. The molecule has 1 aliphatic heterocycles. The van der Waals surface area contributed by atoms with Crippen molar-refractivity contribution in [1.82, 2.24) is 14.7 Å². The number of aryl methyl sites for hydroxylation is 1. The average molecular weight is 500 g/mol. The van der Waals surface area contributed by atoms with Crippen molar-refractivity contribution in [3.8, 4) is 0 Å². The van der Waals surface area contributed by atoms with Crippen LogP contribution in [-0.2, 0) is 6.42 Å². The van der Waals surface area contributed by atoms with Gasteiger partial charge in [-0.25, -0.2) is 9.78 Å². The van der Waals surface area contributed by atoms with Gasteiger partial charge in [-0.3, -0.25) is 0 Å². The molecule has 4 rings (SSSR count). The zero-order valence-corrected chi connectivity index (χ0v) is 19.9. The van der Waals surface area contributed by atoms with Crippen LogP contribution in [0.5, 0.6) is 0 Å². The van der Waals surface area contributed by atoms with Crippen molar-refractivity contribution in [3.05, 3.63) is 70.0 Å². The number of nitrogens with zero attached hydrogens (tertiary/aromatic N) is 3. The molecule has 1 aliphatic rings. The molecule has 0 radical (unpaired) electrons. The van der Waals surface area contributed by atoms with Crippen molar-refractivity contribution < 1.29 is 4.79 Å². The minimum absolute atomic E-state index is 0.162. The average Bonchev–Trinajstić information content (AvgIpc) is 3.23. The molecule has 2 aromatic carbocycles. The molecule has 0 bridgehead atoms. The third-order valence-corrected chi connectivity index (χ3v) is 6.77. The molecule has 0 aliphatic carbocycles. The van der Waals surface area contributed by atoms with E-state index in [2.05, 4.69) is 67.0 Å². The number of carbonyl (C=O) groups is 1. The Labute approximate surface area is 195 Å². The van der Waals surface area contributed by atoms with Crippen molar-refractivity contribution >= 4 is 44.3 Å². The first-order valence-electron chi connectivity index (χ1n) is 10.5. The van der Waals surface area contributed by atoms with Crippen LogP contribution in [-0.4, -0.2) is 35.0 Å². The number of carbonyl (C=O) groups excluding carboxylic acids is 1. The second-order valence-electron chi connectivity index (χ2n) is 7.93. The molecule has 31 heavy (non-hydrogen) atoms. The number of hydrogen-bond donors (Lipinski definition) is 2. The molecule has 162 valence electrons. The predicted molar refractivity (Wildman–Crippen MR) is 130 cm³/mol. The number of aromatic nitrogens is 2. The maximum Gasteiger partial charge on any atom is 0.319 e. The Bertz CT molecular complexity index is 1010. The van der Waals surface area contributed by atoms with Gasteiger partial charge in [0.15, 0.2) is 0 Å². The molecule has 8 heteroatoms. The summed E-state index contributed by atoms with van der Waals surface area (Å²) in [6.45, 7) is 4.66. The maximum absolute atomic E-state index is 12.2. The van der Waals surface area contributed by atoms with Gasteiger partial charge in [0.2, 0.25) is 5.13 Å². The minimum atomic E-state index is -0.162. The lowest BCUT2D eigenvalue weighted by atomic mass is 9.97. The SMILES string of the molecule is Cc1ccc(Cc2nsc(N3CCC(CNC(=O)Nc4cccc(Br)c4)CC3)n2)cc1. The molecule has 2 heterocycles. The van der Waals surface area contributed by atoms with Crippen LogP contribution in [0.3, 0.4) is 0 Å². The lowest BCUT2D eigenvalue weighted by Gasteiger charge is -2.31. The number of hydrogen-bond acceptors (Lipinski definition) is 5. The van der Waals surface area contributed by atoms with Crippen molar-refractivity contribution in [2.75, 3.05) is 29.9 Å². The Morgan fingerprint density at radius 3 is 2.71 bits per heavy atom. The lowest BCUT2D eigenvalue weighted by Crippen LogP contribution is -2.39. The first kappa shape index (κ1) is 21.8. The number of piperidine rings is 1. The van der Waals surface area contributed by atoms with Gasteiger partial charge in [0.05, 0.1) is 0 Å². The second-order valence-corrected chi connectivity index (χ2v) is 9.58. The van der Waals surface area contributed by atoms with Crippen LogP contribution in [0.4, 0.5) is 15.6 Å². The summed E-state index contributed by atoms with van der Waals surface area (Å²) in [5, 5.41) is 6.88. The van der Waals surface area contributed by atoms with Crippen LogP contribution in [0.2, 0.25) is 0 Å². The maximum atomic E-state index is 12.2. The Morgan fingerprint density at radius 1 is 1.19 bits per heavy atom. The molecule has 0 saturated carbocycles. The lowest BCUT2D eigenvalue weighted by molar-refractivity contribution is 0.248. The fraction of sp³-hybridized carbons (Fsp3) is 0.348. The van der Waals surface area contributed by atoms with E-state index in [4.69, 9.17) is 4.98 Å². The zero-order valence-electron chi connectivity index (χ0n) is 17.5. The summed E-state index contributed by atoms with van der Waals surface area (Å²) in [4.78, 5) is 19.2. The van der Waals surface area contributed by atoms with Gasteiger partial charge in [0, 0.05) is 47.7 Å². The molecular weight excluding hydrogens is 474 g/mol. The van der Waals surface area contributed by atoms with Gasteiger partial charge in [0.25, 0.3) is 0 Å². The van der Waals surface area contributed by atoms with Gasteiger partial charge in [-0.15, -0.1) is 0 Å². The normalized spacial score (nSPS) is 14.5. The number of rotatable bonds is 6. The van der Waals surface area contributed by atoms with Gasteiger partial charge in [0.1, 0.15) is 5.82 Å². The zero-order chi connectivity index (χ0) is 21.6. The number of nitrogens with one attached hydrogen (secondary N) is 2. The first-order valence-corrected chi connectivity index (χ1v) is 12.1. The smallest absolute Gasteiger partial charge is 0.319 e. The predicted octanol–water partition coefficient (Wildman–Crippen LogP) is 5.24. The van der Waals surface area contributed by atoms with Crippen LogP contribution >= 0.6 is 27.5 Å². The third-order valence-electron chi connectivity index (χ3n) is 5.46. The quantitative estimate of drug-likeness (QED) is 0.486. The first-order chi connectivity index (χ1) is 15.0. The van der Waals surface area contributed by atoms with Crippen LogP contribution in [0.25, 0.3) is 0 Å². The van der Waals surface area contributed by atoms with E-state index in [1.807, 2.05) is 24.3 Å². The highest BCUT2D eigenvalue weighted by Crippen LogP contribution is 2.25. The Morgan fingerprint density at radius 2 is 1.97 bits per heavy atom. The highest BCUT2D eigenvalue weighted by Gasteiger charge is 2.22. The molecule has 3 aromatic rings. The monoisotopic (exact) mass is 499 g/mol. The molecular formula is C23H26BrN5OS. The fourth-order valence-corrected chi connectivity index (χ4v) is 4.78. The summed E-state index contributed by atoms with van der Waals surface area (Å²) < 4.78 is 5.50. The molecule has 0 atom stereocenters. The highest BCUT2D eigenvalue weighted by molar-refractivity contribution is 9.10. The van der Waals surface area contributed by atoms with E-state index >= 15 is 0 Å². The van der Waals surface area contributed by atoms with E-state index in [1.54, 1.807) is 0 Å². The fourth-order valence-electron chi connectivity index (χ4n) is 3.64. The summed E-state index contributed by atoms with van der Waals surface area (Å²) in [6.07, 6.45) is 2.83. The van der Waals surface area contributed by atoms with E-state index in [9.17, 15) is 4.79 Å². The van der Waals surface area contributed by atoms with Gasteiger partial charge in [-0.1, -0.05) is 51.8 Å². The highest BCUT2D eigenvalue weighted by atomic mass is 79.9. The molecule has 2 N–H and O–H groups in total. The summed E-state index contributed by atoms with van der Waals surface area (Å²) in [6, 6.07) is 16.0. The molecule has 1 aromatic heterocycles. The van der Waals surface area contributed by atoms with Gasteiger partial charge < -0.3 is 15.5 Å². The van der Waals surface area contributed by atoms with Crippen LogP contribution < -0.4 is 15.5 Å². The molecule has 6 nitrogen and oxygen atoms in total. The van der Waals surface area contributed by atoms with E-state index in [-0.39, 0.29) is 6.03 Å². The van der Waals surface area contributed by atoms with Crippen molar-refractivity contribution in [2.24, 2.45) is 5.92 Å². The van der Waals surface area contributed by atoms with Crippen LogP contribution in [0.1, 0.15) is 29.8 Å². The molecule has 1 fully saturated rings. The molecule has 0 unspecified atom stereocenters. The Kier molecular flexibility index (Phi) is 7.19. The van der Waals surface area contributed by atoms with Crippen molar-refractivity contribution in [1.29, 1.82) is 0 Å². The van der Waals surface area contributed by atoms with Crippen molar-refractivity contribution in [2.45, 2.75) is 26.2 Å². The minimum Gasteiger partial charge on any atom is -0.347 e. The molecule has 2 amide bonds. The second kappa shape index (κ2) is 10.2. The number of benzene rings is 2. The van der Waals surface area contributed by atoms with Crippen LogP contribution in [0, 0.1) is 12.8 Å². The Hall–Kier alpha value is -2.45. The van der Waals surface area contributed by atoms with E-state index < -0.39 is 0 Å². The van der Waals surface area contributed by atoms with Crippen molar-refractivity contribution in [3.63, 3.8) is 0 Å². The number of halogens is 1. The van der Waals surface area contributed by atoms with Gasteiger partial charge >= 0.3 is 6.03 Å². The third kappa shape index (κ3) is 6.27. The number of anilines is 2. The van der Waals surface area contributed by atoms with E-state index in [0.29, 0.717) is 12.5 Å². The van der Waals surface area contributed by atoms with Gasteiger partial charge in [-0.05, 0) is 49.4 Å². The molecule has 0 spiro atoms. The molecule has 1 saturated heterocycles. The summed E-state index contributed by atoms with van der Waals surface area (Å²) in [5.41, 5.74) is 3.28. The number of urea groups is 1. The largest absolute Gasteiger partial charge is 0.347 e. The Balaban J connectivity index is 1.21. The summed E-state index contributed by atoms with van der Waals surface area (Å²) in [7, 11) is 0. The van der Waals surface area contributed by atoms with E-state index in [0.717, 1.165) is 53.5 Å².